The van der Waals surface area contributed by atoms with Crippen LogP contribution >= 0.6 is 0 Å². The van der Waals surface area contributed by atoms with Crippen molar-refractivity contribution in [2.75, 3.05) is 37.7 Å². The van der Waals surface area contributed by atoms with Gasteiger partial charge in [-0.25, -0.2) is 14.2 Å². The van der Waals surface area contributed by atoms with E-state index in [2.05, 4.69) is 9.88 Å². The molecule has 2 atom stereocenters. The maximum Gasteiger partial charge on any atom is 0.330 e. The van der Waals surface area contributed by atoms with Gasteiger partial charge in [0.2, 0.25) is 5.88 Å². The van der Waals surface area contributed by atoms with Gasteiger partial charge in [-0.3, -0.25) is 9.13 Å². The summed E-state index contributed by atoms with van der Waals surface area (Å²) in [6.45, 7) is 7.89. The minimum atomic E-state index is -0.474. The van der Waals surface area contributed by atoms with Crippen LogP contribution in [-0.4, -0.2) is 45.3 Å². The summed E-state index contributed by atoms with van der Waals surface area (Å²) < 4.78 is 23.7. The molecule has 3 aromatic rings. The molecule has 2 aromatic heterocycles. The van der Waals surface area contributed by atoms with Gasteiger partial charge < -0.3 is 21.1 Å². The van der Waals surface area contributed by atoms with Crippen LogP contribution in [0.25, 0.3) is 22.4 Å². The zero-order valence-corrected chi connectivity index (χ0v) is 20.5. The molecule has 3 heterocycles. The van der Waals surface area contributed by atoms with E-state index in [0.29, 0.717) is 34.9 Å². The number of rotatable bonds is 8. The number of imidazole rings is 1. The molecule has 1 aliphatic heterocycles. The number of hydrogen-bond acceptors (Lipinski definition) is 6. The molecule has 1 aromatic carbocycles. The van der Waals surface area contributed by atoms with E-state index in [0.717, 1.165) is 24.8 Å². The summed E-state index contributed by atoms with van der Waals surface area (Å²) in [6, 6.07) is 6.27. The number of fused-ring (bicyclic) bond motifs is 1. The fourth-order valence-corrected chi connectivity index (χ4v) is 5.17. The van der Waals surface area contributed by atoms with Crippen molar-refractivity contribution in [2.24, 2.45) is 18.9 Å². The van der Waals surface area contributed by atoms with Crippen LogP contribution in [-0.2, 0) is 7.05 Å². The highest BCUT2D eigenvalue weighted by atomic mass is 19.1. The topological polar surface area (TPSA) is 104 Å². The fraction of sp³-hybridized carbons (Fsp3) is 0.462. The predicted molar refractivity (Wildman–Crippen MR) is 136 cm³/mol. The number of ether oxygens (including phenoxy) is 1. The Labute approximate surface area is 204 Å². The van der Waals surface area contributed by atoms with Crippen LogP contribution in [0.2, 0.25) is 0 Å². The van der Waals surface area contributed by atoms with Gasteiger partial charge in [-0.1, -0.05) is 0 Å². The summed E-state index contributed by atoms with van der Waals surface area (Å²) in [4.78, 5) is 19.6. The third-order valence-electron chi connectivity index (χ3n) is 7.22. The van der Waals surface area contributed by atoms with E-state index in [9.17, 15) is 9.18 Å². The summed E-state index contributed by atoms with van der Waals surface area (Å²) in [5, 5.41) is 0. The smallest absolute Gasteiger partial charge is 0.330 e. The molecule has 35 heavy (non-hydrogen) atoms. The molecule has 0 amide bonds. The highest BCUT2D eigenvalue weighted by molar-refractivity contribution is 5.85. The summed E-state index contributed by atoms with van der Waals surface area (Å²) >= 11 is 0. The van der Waals surface area contributed by atoms with Crippen LogP contribution in [0.5, 0.6) is 5.88 Å². The van der Waals surface area contributed by atoms with Crippen molar-refractivity contribution in [1.82, 2.24) is 19.0 Å². The Morgan fingerprint density at radius 2 is 1.91 bits per heavy atom. The van der Waals surface area contributed by atoms with E-state index in [1.165, 1.54) is 30.1 Å². The summed E-state index contributed by atoms with van der Waals surface area (Å²) in [5.41, 5.74) is 14.3. The third-order valence-corrected chi connectivity index (χ3v) is 7.22. The highest BCUT2D eigenvalue weighted by Crippen LogP contribution is 2.44. The van der Waals surface area contributed by atoms with Gasteiger partial charge in [0.1, 0.15) is 11.6 Å². The van der Waals surface area contributed by atoms with Gasteiger partial charge in [-0.15, -0.1) is 0 Å². The number of halogens is 1. The number of likely N-dealkylation sites (tertiary alicyclic amines) is 1. The first kappa shape index (κ1) is 23.4. The Hall–Kier alpha value is -3.33. The van der Waals surface area contributed by atoms with Gasteiger partial charge >= 0.3 is 5.69 Å². The van der Waals surface area contributed by atoms with Crippen molar-refractivity contribution in [3.05, 3.63) is 46.8 Å². The number of benzene rings is 1. The van der Waals surface area contributed by atoms with Gasteiger partial charge in [-0.05, 0) is 56.7 Å². The summed E-state index contributed by atoms with van der Waals surface area (Å²) in [5.74, 6) is 2.19. The van der Waals surface area contributed by atoms with Crippen molar-refractivity contribution in [3.63, 3.8) is 0 Å². The number of nitrogens with two attached hydrogens (primary N) is 2. The predicted octanol–water partition coefficient (Wildman–Crippen LogP) is 3.52. The molecule has 0 bridgehead atoms. The summed E-state index contributed by atoms with van der Waals surface area (Å²) in [7, 11) is 1.61. The maximum absolute atomic E-state index is 15.0. The molecule has 2 fully saturated rings. The molecule has 1 aliphatic carbocycles. The van der Waals surface area contributed by atoms with E-state index < -0.39 is 5.82 Å². The van der Waals surface area contributed by atoms with E-state index in [1.807, 2.05) is 13.8 Å². The minimum absolute atomic E-state index is 0.150. The molecule has 5 rings (SSSR count). The Kier molecular flexibility index (Phi) is 6.04. The molecule has 4 N–H and O–H groups in total. The minimum Gasteiger partial charge on any atom is -0.478 e. The first-order valence-electron chi connectivity index (χ1n) is 12.2. The maximum atomic E-state index is 15.0. The second-order valence-electron chi connectivity index (χ2n) is 10.1. The first-order chi connectivity index (χ1) is 16.7. The molecular formula is C26H33FN6O2. The van der Waals surface area contributed by atoms with E-state index >= 15 is 0 Å². The SMILES string of the molecule is CC(C)n1c(-c2cc(-c3ccc(OCCCN4CC5CC5C4)nc3)c(F)cc2N)c(N)n(C)c1=O. The van der Waals surface area contributed by atoms with E-state index in [1.54, 1.807) is 36.0 Å². The Balaban J connectivity index is 1.33. The number of piperidine rings is 1. The van der Waals surface area contributed by atoms with Crippen molar-refractivity contribution in [2.45, 2.75) is 32.7 Å². The molecule has 1 saturated carbocycles. The molecule has 1 saturated heterocycles. The second kappa shape index (κ2) is 9.03. The van der Waals surface area contributed by atoms with Crippen molar-refractivity contribution >= 4 is 11.5 Å². The molecule has 2 aliphatic rings. The quantitative estimate of drug-likeness (QED) is 0.378. The number of aromatic nitrogens is 3. The van der Waals surface area contributed by atoms with Gasteiger partial charge in [0.25, 0.3) is 0 Å². The van der Waals surface area contributed by atoms with Gasteiger partial charge in [0, 0.05) is 67.4 Å². The summed E-state index contributed by atoms with van der Waals surface area (Å²) in [6.07, 6.45) is 3.95. The van der Waals surface area contributed by atoms with Crippen LogP contribution in [0.1, 0.15) is 32.7 Å². The van der Waals surface area contributed by atoms with Gasteiger partial charge in [-0.2, -0.15) is 0 Å². The lowest BCUT2D eigenvalue weighted by molar-refractivity contribution is 0.245. The lowest BCUT2D eigenvalue weighted by Gasteiger charge is -2.17. The lowest BCUT2D eigenvalue weighted by atomic mass is 10.00. The zero-order chi connectivity index (χ0) is 24.9. The number of anilines is 2. The Morgan fingerprint density at radius 3 is 2.57 bits per heavy atom. The zero-order valence-electron chi connectivity index (χ0n) is 20.5. The fourth-order valence-electron chi connectivity index (χ4n) is 5.17. The molecule has 0 spiro atoms. The van der Waals surface area contributed by atoms with Gasteiger partial charge in [0.15, 0.2) is 0 Å². The second-order valence-corrected chi connectivity index (χ2v) is 10.1. The number of nitrogens with zero attached hydrogens (tertiary/aromatic N) is 4. The Bertz CT molecular complexity index is 1290. The standard InChI is InChI=1S/C26H33FN6O2/c1-15(2)33-24(25(29)31(3)26(33)34)20-10-19(21(27)11-22(20)28)16-5-6-23(30-12-16)35-8-4-7-32-13-17-9-18(17)14-32/h5-6,10-12,15,17-18H,4,7-9,13-14,28-29H2,1-3H3. The van der Waals surface area contributed by atoms with Crippen LogP contribution in [0.3, 0.4) is 0 Å². The molecule has 8 nitrogen and oxygen atoms in total. The number of pyridine rings is 1. The molecular weight excluding hydrogens is 447 g/mol. The van der Waals surface area contributed by atoms with Gasteiger partial charge in [0.05, 0.1) is 12.3 Å². The van der Waals surface area contributed by atoms with Crippen molar-refractivity contribution in [1.29, 1.82) is 0 Å². The number of nitrogen functional groups attached to an aromatic ring is 2. The number of hydrogen-bond donors (Lipinski definition) is 2. The van der Waals surface area contributed by atoms with Crippen LogP contribution < -0.4 is 21.9 Å². The molecule has 2 unspecified atom stereocenters. The molecule has 0 radical (unpaired) electrons. The van der Waals surface area contributed by atoms with Crippen molar-refractivity contribution in [3.8, 4) is 28.3 Å². The van der Waals surface area contributed by atoms with Crippen molar-refractivity contribution < 1.29 is 9.13 Å². The third kappa shape index (κ3) is 4.40. The average molecular weight is 481 g/mol. The highest BCUT2D eigenvalue weighted by Gasteiger charge is 2.44. The lowest BCUT2D eigenvalue weighted by Crippen LogP contribution is -2.25. The average Bonchev–Trinajstić information content (AvgIpc) is 3.37. The van der Waals surface area contributed by atoms with E-state index in [4.69, 9.17) is 16.2 Å². The normalized spacial score (nSPS) is 19.3. The van der Waals surface area contributed by atoms with Crippen LogP contribution in [0.4, 0.5) is 15.9 Å². The first-order valence-corrected chi connectivity index (χ1v) is 12.2. The van der Waals surface area contributed by atoms with Crippen LogP contribution in [0.15, 0.2) is 35.3 Å². The Morgan fingerprint density at radius 1 is 1.17 bits per heavy atom. The molecule has 186 valence electrons. The molecule has 9 heteroatoms. The van der Waals surface area contributed by atoms with Crippen LogP contribution in [0, 0.1) is 17.7 Å². The van der Waals surface area contributed by atoms with E-state index in [-0.39, 0.29) is 23.2 Å². The monoisotopic (exact) mass is 480 g/mol. The largest absolute Gasteiger partial charge is 0.478 e.